The smallest absolute Gasteiger partial charge is 0.0877 e. The molecule has 1 rings (SSSR count). The van der Waals surface area contributed by atoms with Crippen LogP contribution in [0.2, 0.25) is 0 Å². The fourth-order valence-corrected chi connectivity index (χ4v) is 4.19. The first kappa shape index (κ1) is 12.2. The highest BCUT2D eigenvalue weighted by atomic mass is 32.2. The third-order valence-corrected chi connectivity index (χ3v) is 5.76. The van der Waals surface area contributed by atoms with Crippen molar-refractivity contribution in [1.29, 1.82) is 0 Å². The van der Waals surface area contributed by atoms with E-state index in [2.05, 4.69) is 59.4 Å². The molecule has 1 atom stereocenters. The summed E-state index contributed by atoms with van der Waals surface area (Å²) >= 11 is 0. The quantitative estimate of drug-likeness (QED) is 0.352. The zero-order chi connectivity index (χ0) is 11.0. The Morgan fingerprint density at radius 3 is 2.21 bits per heavy atom. The van der Waals surface area contributed by atoms with Crippen molar-refractivity contribution in [2.75, 3.05) is 5.75 Å². The van der Waals surface area contributed by atoms with Crippen LogP contribution in [-0.4, -0.2) is 11.0 Å². The summed E-state index contributed by atoms with van der Waals surface area (Å²) in [4.78, 5) is 0. The minimum absolute atomic E-state index is 0.279. The number of rotatable bonds is 1. The first-order valence-electron chi connectivity index (χ1n) is 5.47. The predicted octanol–water partition coefficient (Wildman–Crippen LogP) is 3.80. The molecule has 1 aliphatic heterocycles. The Kier molecular flexibility index (Phi) is 3.41. The van der Waals surface area contributed by atoms with Crippen LogP contribution in [0.4, 0.5) is 0 Å². The van der Waals surface area contributed by atoms with E-state index in [1.54, 1.807) is 0 Å². The van der Waals surface area contributed by atoms with E-state index in [4.69, 9.17) is 0 Å². The van der Waals surface area contributed by atoms with Crippen LogP contribution in [0.3, 0.4) is 0 Å². The first-order chi connectivity index (χ1) is 6.22. The lowest BCUT2D eigenvalue weighted by Crippen LogP contribution is -2.29. The van der Waals surface area contributed by atoms with Gasteiger partial charge in [0, 0.05) is 5.41 Å². The molecule has 1 unspecified atom stereocenters. The van der Waals surface area contributed by atoms with Crippen LogP contribution in [0.25, 0.3) is 0 Å². The molecule has 0 aromatic carbocycles. The third-order valence-electron chi connectivity index (χ3n) is 2.56. The second-order valence-corrected chi connectivity index (χ2v) is 8.33. The SMILES string of the molecule is CC(C)[S+]1[CH-]C(C)(C)C=CC(C)(C)C1. The molecule has 0 N–H and O–H groups in total. The molecule has 0 saturated carbocycles. The van der Waals surface area contributed by atoms with E-state index in [1.165, 1.54) is 5.75 Å². The highest BCUT2D eigenvalue weighted by Gasteiger charge is 2.31. The van der Waals surface area contributed by atoms with E-state index in [1.807, 2.05) is 0 Å². The van der Waals surface area contributed by atoms with Crippen LogP contribution < -0.4 is 0 Å². The van der Waals surface area contributed by atoms with Gasteiger partial charge in [-0.25, -0.2) is 0 Å². The van der Waals surface area contributed by atoms with Gasteiger partial charge in [-0.2, -0.15) is 10.9 Å². The van der Waals surface area contributed by atoms with Gasteiger partial charge in [0.1, 0.15) is 0 Å². The van der Waals surface area contributed by atoms with Crippen LogP contribution >= 0.6 is 0 Å². The fraction of sp³-hybridized carbons (Fsp3) is 0.769. The van der Waals surface area contributed by atoms with E-state index in [0.717, 1.165) is 5.25 Å². The first-order valence-corrected chi connectivity index (χ1v) is 6.99. The molecule has 82 valence electrons. The zero-order valence-electron chi connectivity index (χ0n) is 10.4. The molecule has 1 heterocycles. The molecule has 14 heavy (non-hydrogen) atoms. The predicted molar refractivity (Wildman–Crippen MR) is 68.4 cm³/mol. The minimum Gasteiger partial charge on any atom is -0.164 e. The Morgan fingerprint density at radius 1 is 1.14 bits per heavy atom. The number of hydrogen-bond acceptors (Lipinski definition) is 0. The summed E-state index contributed by atoms with van der Waals surface area (Å²) in [5, 5.41) is 0.786. The van der Waals surface area contributed by atoms with E-state index < -0.39 is 0 Å². The van der Waals surface area contributed by atoms with Gasteiger partial charge >= 0.3 is 0 Å². The largest absolute Gasteiger partial charge is 0.164 e. The monoisotopic (exact) mass is 212 g/mol. The van der Waals surface area contributed by atoms with E-state index in [0.29, 0.717) is 16.3 Å². The molecule has 0 radical (unpaired) electrons. The number of hydrogen-bond donors (Lipinski definition) is 0. The van der Waals surface area contributed by atoms with Crippen LogP contribution in [-0.2, 0) is 10.9 Å². The van der Waals surface area contributed by atoms with Gasteiger partial charge in [-0.15, -0.1) is 6.08 Å². The molecule has 0 aromatic heterocycles. The van der Waals surface area contributed by atoms with Crippen molar-refractivity contribution < 1.29 is 0 Å². The maximum Gasteiger partial charge on any atom is 0.0877 e. The molecule has 0 spiro atoms. The van der Waals surface area contributed by atoms with E-state index in [9.17, 15) is 0 Å². The summed E-state index contributed by atoms with van der Waals surface area (Å²) in [7, 11) is 0.460. The Labute approximate surface area is 92.5 Å². The lowest BCUT2D eigenvalue weighted by molar-refractivity contribution is 0.543. The molecule has 0 nitrogen and oxygen atoms in total. The highest BCUT2D eigenvalue weighted by Crippen LogP contribution is 2.37. The van der Waals surface area contributed by atoms with Gasteiger partial charge in [0.2, 0.25) is 0 Å². The van der Waals surface area contributed by atoms with Gasteiger partial charge in [0.25, 0.3) is 0 Å². The standard InChI is InChI=1S/C13H24S/c1-11(2)14-9-12(3,4)7-8-13(5,6)10-14/h7-9,11H,10H2,1-6H3. The second kappa shape index (κ2) is 3.92. The summed E-state index contributed by atoms with van der Waals surface area (Å²) in [5.74, 6) is 3.87. The van der Waals surface area contributed by atoms with Crippen molar-refractivity contribution in [2.24, 2.45) is 10.8 Å². The highest BCUT2D eigenvalue weighted by molar-refractivity contribution is 7.99. The molecule has 0 amide bonds. The molecule has 1 heteroatoms. The molecular weight excluding hydrogens is 188 g/mol. The maximum absolute atomic E-state index is 2.56. The van der Waals surface area contributed by atoms with E-state index >= 15 is 0 Å². The average Bonchev–Trinajstić information content (AvgIpc) is 2.08. The summed E-state index contributed by atoms with van der Waals surface area (Å²) in [6.07, 6.45) is 4.78. The molecule has 0 aliphatic carbocycles. The molecule has 0 bridgehead atoms. The van der Waals surface area contributed by atoms with Crippen molar-refractivity contribution in [3.63, 3.8) is 0 Å². The Balaban J connectivity index is 2.86. The van der Waals surface area contributed by atoms with Crippen LogP contribution in [0, 0.1) is 16.6 Å². The summed E-state index contributed by atoms with van der Waals surface area (Å²) in [5.41, 5.74) is 0.652. The molecule has 0 fully saturated rings. The van der Waals surface area contributed by atoms with Crippen LogP contribution in [0.1, 0.15) is 41.5 Å². The number of allylic oxidation sites excluding steroid dienone is 2. The second-order valence-electron chi connectivity index (χ2n) is 5.92. The fourth-order valence-electron chi connectivity index (χ4n) is 1.69. The topological polar surface area (TPSA) is 0 Å². The van der Waals surface area contributed by atoms with Crippen molar-refractivity contribution in [2.45, 2.75) is 46.8 Å². The van der Waals surface area contributed by atoms with Crippen LogP contribution in [0.15, 0.2) is 12.2 Å². The lowest BCUT2D eigenvalue weighted by Gasteiger charge is -2.32. The summed E-state index contributed by atoms with van der Waals surface area (Å²) < 4.78 is 0. The maximum atomic E-state index is 2.56. The van der Waals surface area contributed by atoms with E-state index in [-0.39, 0.29) is 5.41 Å². The Morgan fingerprint density at radius 2 is 1.71 bits per heavy atom. The molecule has 1 aliphatic rings. The van der Waals surface area contributed by atoms with Gasteiger partial charge in [0.05, 0.1) is 11.0 Å². The molecule has 0 aromatic rings. The zero-order valence-corrected chi connectivity index (χ0v) is 11.2. The molecule has 0 saturated heterocycles. The summed E-state index contributed by atoms with van der Waals surface area (Å²) in [6, 6.07) is 0. The normalized spacial score (nSPS) is 30.4. The molecular formula is C13H24S. The van der Waals surface area contributed by atoms with Crippen molar-refractivity contribution in [1.82, 2.24) is 0 Å². The third kappa shape index (κ3) is 3.34. The minimum atomic E-state index is 0.279. The van der Waals surface area contributed by atoms with Crippen molar-refractivity contribution >= 4 is 10.9 Å². The summed E-state index contributed by atoms with van der Waals surface area (Å²) in [6.45, 7) is 14.0. The average molecular weight is 212 g/mol. The van der Waals surface area contributed by atoms with Gasteiger partial charge in [-0.05, 0) is 13.8 Å². The van der Waals surface area contributed by atoms with Crippen molar-refractivity contribution in [3.8, 4) is 0 Å². The van der Waals surface area contributed by atoms with Crippen LogP contribution in [0.5, 0.6) is 0 Å². The Bertz CT molecular complexity index is 203. The van der Waals surface area contributed by atoms with Gasteiger partial charge < -0.3 is 0 Å². The van der Waals surface area contributed by atoms with Crippen molar-refractivity contribution in [3.05, 3.63) is 17.9 Å². The van der Waals surface area contributed by atoms with Gasteiger partial charge in [-0.1, -0.05) is 44.9 Å². The lowest BCUT2D eigenvalue weighted by atomic mass is 9.89. The van der Waals surface area contributed by atoms with Gasteiger partial charge in [0.15, 0.2) is 0 Å². The van der Waals surface area contributed by atoms with Gasteiger partial charge in [-0.3, -0.25) is 0 Å². The Hall–Kier alpha value is 0.0900.